The van der Waals surface area contributed by atoms with Gasteiger partial charge >= 0.3 is 0 Å². The van der Waals surface area contributed by atoms with Crippen molar-refractivity contribution in [1.82, 2.24) is 14.9 Å². The highest BCUT2D eigenvalue weighted by atomic mass is 35.5. The molecule has 1 aromatic carbocycles. The van der Waals surface area contributed by atoms with Gasteiger partial charge in [-0.15, -0.1) is 12.4 Å². The molecule has 1 saturated carbocycles. The second-order valence-corrected chi connectivity index (χ2v) is 8.53. The van der Waals surface area contributed by atoms with Crippen molar-refractivity contribution >= 4 is 28.3 Å². The summed E-state index contributed by atoms with van der Waals surface area (Å²) in [5.41, 5.74) is 0.365. The summed E-state index contributed by atoms with van der Waals surface area (Å²) in [7, 11) is -0.333. The number of sulfonamides is 1. The van der Waals surface area contributed by atoms with Crippen LogP contribution in [-0.2, 0) is 10.0 Å². The number of nitrogens with zero attached hydrogens (tertiary/aromatic N) is 1. The molecule has 0 bridgehead atoms. The number of carbonyl (C=O) groups is 1. The SMILES string of the molecule is CN(C)C(=O)c1cccc(S(=O)(=O)NCCNC2CCCCCC2)c1.Cl. The van der Waals surface area contributed by atoms with Crippen LogP contribution in [0.3, 0.4) is 0 Å². The van der Waals surface area contributed by atoms with Gasteiger partial charge in [0, 0.05) is 38.8 Å². The van der Waals surface area contributed by atoms with Crippen LogP contribution in [0.5, 0.6) is 0 Å². The van der Waals surface area contributed by atoms with Gasteiger partial charge < -0.3 is 10.2 Å². The number of hydrogen-bond donors (Lipinski definition) is 2. The van der Waals surface area contributed by atoms with Gasteiger partial charge in [0.25, 0.3) is 5.91 Å². The number of halogens is 1. The average Bonchev–Trinajstić information content (AvgIpc) is 2.87. The standard InChI is InChI=1S/C18H29N3O3S.ClH/c1-21(2)18(22)15-8-7-11-17(14-15)25(23,24)20-13-12-19-16-9-5-3-4-6-10-16;/h7-8,11,14,16,19-20H,3-6,9-10,12-13H2,1-2H3;1H. The zero-order valence-corrected chi connectivity index (χ0v) is 17.2. The van der Waals surface area contributed by atoms with Crippen LogP contribution in [0.15, 0.2) is 29.2 Å². The molecule has 1 aliphatic rings. The van der Waals surface area contributed by atoms with Crippen LogP contribution in [0.1, 0.15) is 48.9 Å². The Morgan fingerprint density at radius 3 is 2.38 bits per heavy atom. The molecule has 0 saturated heterocycles. The topological polar surface area (TPSA) is 78.5 Å². The normalized spacial score (nSPS) is 15.8. The van der Waals surface area contributed by atoms with Crippen molar-refractivity contribution in [2.75, 3.05) is 27.2 Å². The summed E-state index contributed by atoms with van der Waals surface area (Å²) >= 11 is 0. The van der Waals surface area contributed by atoms with E-state index in [0.717, 1.165) is 0 Å². The first-order valence-corrected chi connectivity index (χ1v) is 10.4. The Bertz CT molecular complexity index is 672. The molecule has 1 fully saturated rings. The molecule has 0 atom stereocenters. The van der Waals surface area contributed by atoms with Gasteiger partial charge in [-0.2, -0.15) is 0 Å². The second-order valence-electron chi connectivity index (χ2n) is 6.77. The van der Waals surface area contributed by atoms with Crippen LogP contribution in [-0.4, -0.2) is 52.5 Å². The number of carbonyl (C=O) groups excluding carboxylic acids is 1. The van der Waals surface area contributed by atoms with E-state index in [9.17, 15) is 13.2 Å². The van der Waals surface area contributed by atoms with Crippen molar-refractivity contribution in [3.8, 4) is 0 Å². The molecule has 1 amide bonds. The predicted molar refractivity (Wildman–Crippen MR) is 106 cm³/mol. The number of benzene rings is 1. The maximum Gasteiger partial charge on any atom is 0.253 e. The Hall–Kier alpha value is -1.15. The number of hydrogen-bond acceptors (Lipinski definition) is 4. The lowest BCUT2D eigenvalue weighted by molar-refractivity contribution is 0.0827. The lowest BCUT2D eigenvalue weighted by Crippen LogP contribution is -2.36. The van der Waals surface area contributed by atoms with E-state index >= 15 is 0 Å². The number of amides is 1. The molecule has 8 heteroatoms. The molecule has 0 radical (unpaired) electrons. The van der Waals surface area contributed by atoms with E-state index in [2.05, 4.69) is 10.0 Å². The molecule has 2 rings (SSSR count). The minimum Gasteiger partial charge on any atom is -0.345 e. The largest absolute Gasteiger partial charge is 0.345 e. The molecule has 0 unspecified atom stereocenters. The van der Waals surface area contributed by atoms with Crippen molar-refractivity contribution in [2.24, 2.45) is 0 Å². The van der Waals surface area contributed by atoms with E-state index in [4.69, 9.17) is 0 Å². The molecule has 0 heterocycles. The first kappa shape index (κ1) is 22.9. The van der Waals surface area contributed by atoms with Gasteiger partial charge in [-0.3, -0.25) is 4.79 Å². The van der Waals surface area contributed by atoms with Crippen molar-refractivity contribution < 1.29 is 13.2 Å². The lowest BCUT2D eigenvalue weighted by Gasteiger charge is -2.16. The smallest absolute Gasteiger partial charge is 0.253 e. The van der Waals surface area contributed by atoms with Crippen LogP contribution in [0.4, 0.5) is 0 Å². The molecule has 0 aliphatic heterocycles. The Labute approximate surface area is 163 Å². The highest BCUT2D eigenvalue weighted by Gasteiger charge is 2.17. The fraction of sp³-hybridized carbons (Fsp3) is 0.611. The fourth-order valence-electron chi connectivity index (χ4n) is 3.08. The molecule has 6 nitrogen and oxygen atoms in total. The van der Waals surface area contributed by atoms with Crippen LogP contribution in [0.2, 0.25) is 0 Å². The summed E-state index contributed by atoms with van der Waals surface area (Å²) in [4.78, 5) is 13.5. The molecular formula is C18H30ClN3O3S. The molecule has 148 valence electrons. The molecule has 26 heavy (non-hydrogen) atoms. The van der Waals surface area contributed by atoms with Crippen molar-refractivity contribution in [3.05, 3.63) is 29.8 Å². The summed E-state index contributed by atoms with van der Waals surface area (Å²) < 4.78 is 27.4. The Morgan fingerprint density at radius 1 is 1.12 bits per heavy atom. The van der Waals surface area contributed by atoms with E-state index < -0.39 is 10.0 Å². The highest BCUT2D eigenvalue weighted by molar-refractivity contribution is 7.89. The maximum atomic E-state index is 12.4. The van der Waals surface area contributed by atoms with E-state index in [1.807, 2.05) is 0 Å². The third-order valence-electron chi connectivity index (χ3n) is 4.50. The second kappa shape index (κ2) is 10.9. The lowest BCUT2D eigenvalue weighted by atomic mass is 10.1. The maximum absolute atomic E-state index is 12.4. The third-order valence-corrected chi connectivity index (χ3v) is 5.96. The van der Waals surface area contributed by atoms with Gasteiger partial charge in [-0.05, 0) is 31.0 Å². The zero-order valence-electron chi connectivity index (χ0n) is 15.5. The summed E-state index contributed by atoms with van der Waals surface area (Å²) in [6.07, 6.45) is 7.43. The molecule has 0 aromatic heterocycles. The van der Waals surface area contributed by atoms with Gasteiger partial charge in [0.05, 0.1) is 4.90 Å². The first-order valence-electron chi connectivity index (χ1n) is 8.95. The Kier molecular flexibility index (Phi) is 9.57. The van der Waals surface area contributed by atoms with Gasteiger partial charge in [0.15, 0.2) is 0 Å². The van der Waals surface area contributed by atoms with E-state index in [1.54, 1.807) is 26.2 Å². The summed E-state index contributed by atoms with van der Waals surface area (Å²) in [5, 5.41) is 3.44. The Morgan fingerprint density at radius 2 is 1.77 bits per heavy atom. The van der Waals surface area contributed by atoms with Crippen molar-refractivity contribution in [3.63, 3.8) is 0 Å². The average molecular weight is 404 g/mol. The quantitative estimate of drug-likeness (QED) is 0.541. The van der Waals surface area contributed by atoms with Gasteiger partial charge in [-0.1, -0.05) is 31.7 Å². The zero-order chi connectivity index (χ0) is 18.3. The van der Waals surface area contributed by atoms with E-state index in [1.165, 1.54) is 55.6 Å². The van der Waals surface area contributed by atoms with Gasteiger partial charge in [0.2, 0.25) is 10.0 Å². The minimum absolute atomic E-state index is 0. The van der Waals surface area contributed by atoms with Gasteiger partial charge in [0.1, 0.15) is 0 Å². The summed E-state index contributed by atoms with van der Waals surface area (Å²) in [6, 6.07) is 6.63. The monoisotopic (exact) mass is 403 g/mol. The van der Waals surface area contributed by atoms with Crippen LogP contribution >= 0.6 is 12.4 Å². The molecule has 2 N–H and O–H groups in total. The van der Waals surface area contributed by atoms with Crippen LogP contribution in [0, 0.1) is 0 Å². The van der Waals surface area contributed by atoms with Crippen molar-refractivity contribution in [1.29, 1.82) is 0 Å². The molecule has 1 aliphatic carbocycles. The number of rotatable bonds is 7. The Balaban J connectivity index is 0.00000338. The molecular weight excluding hydrogens is 374 g/mol. The van der Waals surface area contributed by atoms with E-state index in [0.29, 0.717) is 24.7 Å². The first-order chi connectivity index (χ1) is 11.9. The summed E-state index contributed by atoms with van der Waals surface area (Å²) in [5.74, 6) is -0.216. The van der Waals surface area contributed by atoms with Gasteiger partial charge in [-0.25, -0.2) is 13.1 Å². The summed E-state index contributed by atoms with van der Waals surface area (Å²) in [6.45, 7) is 0.949. The highest BCUT2D eigenvalue weighted by Crippen LogP contribution is 2.17. The number of nitrogens with one attached hydrogen (secondary N) is 2. The minimum atomic E-state index is -3.61. The van der Waals surface area contributed by atoms with Crippen LogP contribution < -0.4 is 10.0 Å². The predicted octanol–water partition coefficient (Wildman–Crippen LogP) is 2.40. The molecule has 1 aromatic rings. The van der Waals surface area contributed by atoms with Crippen molar-refractivity contribution in [2.45, 2.75) is 49.5 Å². The fourth-order valence-corrected chi connectivity index (χ4v) is 4.16. The third kappa shape index (κ3) is 6.87. The van der Waals surface area contributed by atoms with Crippen LogP contribution in [0.25, 0.3) is 0 Å². The van der Waals surface area contributed by atoms with E-state index in [-0.39, 0.29) is 23.2 Å². The molecule has 0 spiro atoms.